The normalized spacial score (nSPS) is 9.81. The van der Waals surface area contributed by atoms with Crippen molar-refractivity contribution in [3.05, 3.63) is 147 Å². The summed E-state index contributed by atoms with van der Waals surface area (Å²) in [7, 11) is 5.83. The van der Waals surface area contributed by atoms with Gasteiger partial charge in [-0.2, -0.15) is 91.0 Å². The van der Waals surface area contributed by atoms with Crippen LogP contribution in [0.3, 0.4) is 0 Å². The van der Waals surface area contributed by atoms with Crippen molar-refractivity contribution in [3.8, 4) is 17.1 Å². The van der Waals surface area contributed by atoms with Crippen LogP contribution < -0.4 is 13.7 Å². The van der Waals surface area contributed by atoms with Crippen LogP contribution in [0.1, 0.15) is 0 Å². The fourth-order valence-electron chi connectivity index (χ4n) is 3.21. The van der Waals surface area contributed by atoms with E-state index in [2.05, 4.69) is 37.2 Å². The van der Waals surface area contributed by atoms with Gasteiger partial charge in [0.25, 0.3) is 0 Å². The Kier molecular flexibility index (Phi) is 10.3. The van der Waals surface area contributed by atoms with Gasteiger partial charge in [0.15, 0.2) is 0 Å². The molecule has 189 valence electrons. The third kappa shape index (κ3) is 8.24. The molecule has 0 unspecified atom stereocenters. The van der Waals surface area contributed by atoms with Crippen molar-refractivity contribution in [2.24, 2.45) is 21.1 Å². The summed E-state index contributed by atoms with van der Waals surface area (Å²) in [5.41, 5.74) is 3.04. The van der Waals surface area contributed by atoms with Gasteiger partial charge in [0.1, 0.15) is 0 Å². The Morgan fingerprint density at radius 2 is 0.784 bits per heavy atom. The van der Waals surface area contributed by atoms with E-state index < -0.39 is 0 Å². The molecule has 0 aliphatic carbocycles. The molecule has 0 bridgehead atoms. The first-order valence-electron chi connectivity index (χ1n) is 11.4. The number of para-hydroxylation sites is 3. The summed E-state index contributed by atoms with van der Waals surface area (Å²) < 4.78 is 11.3. The average molecular weight is 664 g/mol. The Hall–Kier alpha value is -4.06. The number of imidazole rings is 3. The van der Waals surface area contributed by atoms with Gasteiger partial charge in [0.2, 0.25) is 19.0 Å². The molecule has 3 aromatic carbocycles. The molecular weight excluding hydrogens is 637 g/mol. The average Bonchev–Trinajstić information content (AvgIpc) is 3.68. The third-order valence-electron chi connectivity index (χ3n) is 4.97. The zero-order chi connectivity index (χ0) is 25.2. The summed E-state index contributed by atoms with van der Waals surface area (Å²) in [5.74, 6) is 0. The fraction of sp³-hybridized carbons (Fsp3) is 0.100. The van der Waals surface area contributed by atoms with Crippen LogP contribution in [0.4, 0.5) is 0 Å². The van der Waals surface area contributed by atoms with Crippen LogP contribution in [-0.4, -0.2) is 13.7 Å². The van der Waals surface area contributed by atoms with Gasteiger partial charge >= 0.3 is 0 Å². The molecule has 0 saturated carbocycles. The van der Waals surface area contributed by atoms with Gasteiger partial charge in [-0.3, -0.25) is 0 Å². The second-order valence-corrected chi connectivity index (χ2v) is 7.88. The number of nitrogens with zero attached hydrogens (tertiary/aromatic N) is 6. The number of benzene rings is 3. The first kappa shape index (κ1) is 27.5. The van der Waals surface area contributed by atoms with Gasteiger partial charge in [-0.25, -0.2) is 0 Å². The molecule has 3 aromatic heterocycles. The molecule has 0 atom stereocenters. The fourth-order valence-corrected chi connectivity index (χ4v) is 3.21. The molecule has 37 heavy (non-hydrogen) atoms. The Balaban J connectivity index is 0.000000152. The van der Waals surface area contributed by atoms with Crippen molar-refractivity contribution >= 4 is 0 Å². The Labute approximate surface area is 232 Å². The van der Waals surface area contributed by atoms with Gasteiger partial charge < -0.3 is 27.4 Å². The van der Waals surface area contributed by atoms with Crippen LogP contribution in [0.5, 0.6) is 0 Å². The van der Waals surface area contributed by atoms with E-state index in [1.807, 2.05) is 159 Å². The van der Waals surface area contributed by atoms with E-state index in [4.69, 9.17) is 0 Å². The van der Waals surface area contributed by atoms with E-state index in [1.54, 1.807) is 0 Å². The quantitative estimate of drug-likeness (QED) is 0.206. The van der Waals surface area contributed by atoms with Gasteiger partial charge in [-0.15, -0.1) is 0 Å². The second-order valence-electron chi connectivity index (χ2n) is 7.88. The van der Waals surface area contributed by atoms with Crippen LogP contribution in [-0.2, 0) is 41.2 Å². The SMILES string of the molecule is C[n+]1[c-]n(-c2[c-]cccc2)cc1.C[n+]1[c-]n(-c2[c-]cccc2)cc1.C[n+]1[c-]n(-c2[c-]cccc2)cc1.[Ir]. The topological polar surface area (TPSA) is 26.4 Å². The molecule has 6 rings (SSSR count). The second kappa shape index (κ2) is 13.9. The number of aromatic nitrogens is 6. The van der Waals surface area contributed by atoms with Crippen molar-refractivity contribution in [1.82, 2.24) is 13.7 Å². The molecular formula is C30H27IrN6-3. The molecule has 6 nitrogen and oxygen atoms in total. The standard InChI is InChI=1S/3C10H9N2.Ir/c3*1-11-7-8-12(9-11)10-5-3-2-4-6-10;/h3*2-5,7-8H,1H3;/q3*-1;. The first-order valence-corrected chi connectivity index (χ1v) is 11.4. The predicted molar refractivity (Wildman–Crippen MR) is 134 cm³/mol. The maximum absolute atomic E-state index is 3.12. The van der Waals surface area contributed by atoms with Gasteiger partial charge in [-0.1, -0.05) is 17.1 Å². The molecule has 0 aliphatic rings. The van der Waals surface area contributed by atoms with Crippen LogP contribution in [0.25, 0.3) is 17.1 Å². The monoisotopic (exact) mass is 664 g/mol. The third-order valence-corrected chi connectivity index (χ3v) is 4.97. The summed E-state index contributed by atoms with van der Waals surface area (Å²) in [5, 5.41) is 0. The molecule has 1 radical (unpaired) electrons. The van der Waals surface area contributed by atoms with Gasteiger partial charge in [0.05, 0.1) is 21.1 Å². The van der Waals surface area contributed by atoms with Crippen molar-refractivity contribution < 1.29 is 33.8 Å². The van der Waals surface area contributed by atoms with Crippen molar-refractivity contribution in [2.75, 3.05) is 0 Å². The zero-order valence-corrected chi connectivity index (χ0v) is 23.3. The maximum atomic E-state index is 3.12. The van der Waals surface area contributed by atoms with Crippen LogP contribution in [0.2, 0.25) is 0 Å². The van der Waals surface area contributed by atoms with E-state index in [1.165, 1.54) is 0 Å². The summed E-state index contributed by atoms with van der Waals surface area (Å²) >= 11 is 0. The van der Waals surface area contributed by atoms with Crippen molar-refractivity contribution in [1.29, 1.82) is 0 Å². The Morgan fingerprint density at radius 1 is 0.486 bits per heavy atom. The zero-order valence-electron chi connectivity index (χ0n) is 20.9. The molecule has 0 saturated heterocycles. The molecule has 0 aliphatic heterocycles. The minimum absolute atomic E-state index is 0. The summed E-state index contributed by atoms with van der Waals surface area (Å²) in [6, 6.07) is 32.8. The predicted octanol–water partition coefficient (Wildman–Crippen LogP) is 2.70. The number of hydrogen-bond donors (Lipinski definition) is 0. The molecule has 3 heterocycles. The van der Waals surface area contributed by atoms with Crippen LogP contribution >= 0.6 is 0 Å². The van der Waals surface area contributed by atoms with E-state index in [9.17, 15) is 0 Å². The maximum Gasteiger partial charge on any atom is 0.241 e. The van der Waals surface area contributed by atoms with E-state index in [-0.39, 0.29) is 20.1 Å². The van der Waals surface area contributed by atoms with E-state index in [0.29, 0.717) is 0 Å². The van der Waals surface area contributed by atoms with E-state index in [0.717, 1.165) is 17.1 Å². The smallest absolute Gasteiger partial charge is 0.241 e. The Morgan fingerprint density at radius 3 is 0.973 bits per heavy atom. The number of hydrogen-bond acceptors (Lipinski definition) is 0. The number of aryl methyl sites for hydroxylation is 3. The first-order chi connectivity index (χ1) is 17.6. The summed E-state index contributed by atoms with van der Waals surface area (Å²) in [6.07, 6.45) is 21.0. The largest absolute Gasteiger partial charge is 0.348 e. The Bertz CT molecular complexity index is 1270. The van der Waals surface area contributed by atoms with Crippen molar-refractivity contribution in [2.45, 2.75) is 0 Å². The summed E-state index contributed by atoms with van der Waals surface area (Å²) in [6.45, 7) is 0. The minimum atomic E-state index is 0. The molecule has 0 spiro atoms. The molecule has 0 N–H and O–H groups in total. The molecule has 0 fully saturated rings. The van der Waals surface area contributed by atoms with Crippen LogP contribution in [0.15, 0.2) is 110 Å². The molecule has 7 heteroatoms. The summed E-state index contributed by atoms with van der Waals surface area (Å²) in [4.78, 5) is 0. The molecule has 0 amide bonds. The number of rotatable bonds is 3. The molecule has 6 aromatic rings. The van der Waals surface area contributed by atoms with E-state index >= 15 is 0 Å². The van der Waals surface area contributed by atoms with Gasteiger partial charge in [0, 0.05) is 57.3 Å². The minimum Gasteiger partial charge on any atom is -0.348 e. The van der Waals surface area contributed by atoms with Crippen molar-refractivity contribution in [3.63, 3.8) is 0 Å². The van der Waals surface area contributed by atoms with Gasteiger partial charge in [-0.05, 0) is 0 Å². The van der Waals surface area contributed by atoms with Crippen LogP contribution in [0, 0.1) is 37.2 Å².